The molecule has 3 aromatic rings. The number of carbonyl (C=O) groups is 2. The normalized spacial score (nSPS) is 16.9. The second kappa shape index (κ2) is 9.34. The summed E-state index contributed by atoms with van der Waals surface area (Å²) in [7, 11) is 3.07. The molecule has 1 N–H and O–H groups in total. The number of hydrogen-bond acceptors (Lipinski definition) is 6. The Kier molecular flexibility index (Phi) is 6.33. The molecule has 1 heterocycles. The van der Waals surface area contributed by atoms with Crippen molar-refractivity contribution < 1.29 is 28.9 Å². The van der Waals surface area contributed by atoms with Crippen molar-refractivity contribution in [2.45, 2.75) is 12.0 Å². The highest BCUT2D eigenvalue weighted by atomic mass is 16.5. The molecule has 1 amide bonds. The molecule has 1 aliphatic rings. The minimum Gasteiger partial charge on any atom is -0.497 e. The van der Waals surface area contributed by atoms with Crippen molar-refractivity contribution in [3.8, 4) is 17.2 Å². The van der Waals surface area contributed by atoms with E-state index in [1.807, 2.05) is 12.1 Å². The molecule has 0 radical (unpaired) electrons. The number of ether oxygens (including phenoxy) is 3. The number of methoxy groups -OCH3 is 2. The van der Waals surface area contributed by atoms with Gasteiger partial charge in [-0.15, -0.1) is 0 Å². The summed E-state index contributed by atoms with van der Waals surface area (Å²) in [5, 5.41) is 11.4. The van der Waals surface area contributed by atoms with Crippen LogP contribution in [0.15, 0.2) is 72.8 Å². The summed E-state index contributed by atoms with van der Waals surface area (Å²) in [5.41, 5.74) is -0.622. The summed E-state index contributed by atoms with van der Waals surface area (Å²) >= 11 is 0. The lowest BCUT2D eigenvalue weighted by Crippen LogP contribution is -2.43. The van der Waals surface area contributed by atoms with Gasteiger partial charge >= 0.3 is 0 Å². The van der Waals surface area contributed by atoms with Crippen LogP contribution in [0.1, 0.15) is 22.3 Å². The number of aliphatic hydroxyl groups is 1. The van der Waals surface area contributed by atoms with Crippen LogP contribution < -0.4 is 19.1 Å². The lowest BCUT2D eigenvalue weighted by Gasteiger charge is -2.23. The molecule has 4 rings (SSSR count). The van der Waals surface area contributed by atoms with Crippen LogP contribution >= 0.6 is 0 Å². The standard InChI is InChI=1S/C26H25NO6/c1-31-19-9-7-8-18(16-19)22(28)17-26(30)20-10-3-4-11-21(20)27(25(26)29)14-15-33-24-13-6-5-12-23(24)32-2/h3-13,16,30H,14-15,17H2,1-2H3/t26-/m1/s1. The number of hydrogen-bond donors (Lipinski definition) is 1. The lowest BCUT2D eigenvalue weighted by molar-refractivity contribution is -0.135. The van der Waals surface area contributed by atoms with Gasteiger partial charge in [-0.1, -0.05) is 42.5 Å². The summed E-state index contributed by atoms with van der Waals surface area (Å²) in [6.45, 7) is 0.379. The average Bonchev–Trinajstić information content (AvgIpc) is 3.06. The van der Waals surface area contributed by atoms with Crippen molar-refractivity contribution in [1.82, 2.24) is 0 Å². The van der Waals surface area contributed by atoms with Crippen LogP contribution in [0.2, 0.25) is 0 Å². The molecule has 1 atom stereocenters. The van der Waals surface area contributed by atoms with Crippen LogP contribution in [0.5, 0.6) is 17.2 Å². The van der Waals surface area contributed by atoms with Gasteiger partial charge in [-0.2, -0.15) is 0 Å². The van der Waals surface area contributed by atoms with Crippen LogP contribution in [0, 0.1) is 0 Å². The number of anilines is 1. The number of amides is 1. The van der Waals surface area contributed by atoms with E-state index in [4.69, 9.17) is 14.2 Å². The molecule has 0 saturated carbocycles. The number of rotatable bonds is 9. The Morgan fingerprint density at radius 2 is 1.67 bits per heavy atom. The Morgan fingerprint density at radius 3 is 2.42 bits per heavy atom. The SMILES string of the molecule is COc1cccc(C(=O)C[C@]2(O)C(=O)N(CCOc3ccccc3OC)c3ccccc32)c1. The van der Waals surface area contributed by atoms with Crippen LogP contribution in [-0.2, 0) is 10.4 Å². The van der Waals surface area contributed by atoms with E-state index in [-0.39, 0.29) is 25.4 Å². The first-order chi connectivity index (χ1) is 16.0. The topological polar surface area (TPSA) is 85.3 Å². The fourth-order valence-corrected chi connectivity index (χ4v) is 4.02. The third kappa shape index (κ3) is 4.27. The first-order valence-corrected chi connectivity index (χ1v) is 10.5. The molecule has 0 aliphatic carbocycles. The third-order valence-corrected chi connectivity index (χ3v) is 5.69. The quantitative estimate of drug-likeness (QED) is 0.505. The Morgan fingerprint density at radius 1 is 0.939 bits per heavy atom. The molecule has 0 saturated heterocycles. The molecule has 0 spiro atoms. The van der Waals surface area contributed by atoms with Crippen molar-refractivity contribution in [3.63, 3.8) is 0 Å². The summed E-state index contributed by atoms with van der Waals surface area (Å²) in [6.07, 6.45) is -0.375. The zero-order valence-corrected chi connectivity index (χ0v) is 18.5. The third-order valence-electron chi connectivity index (χ3n) is 5.69. The molecule has 3 aromatic carbocycles. The Balaban J connectivity index is 1.54. The van der Waals surface area contributed by atoms with Gasteiger partial charge in [0.1, 0.15) is 12.4 Å². The van der Waals surface area contributed by atoms with Crippen molar-refractivity contribution in [3.05, 3.63) is 83.9 Å². The molecule has 0 fully saturated rings. The Labute approximate surface area is 192 Å². The van der Waals surface area contributed by atoms with Gasteiger partial charge in [0.15, 0.2) is 22.9 Å². The van der Waals surface area contributed by atoms with Crippen LogP contribution in [0.25, 0.3) is 0 Å². The van der Waals surface area contributed by atoms with Crippen LogP contribution in [0.3, 0.4) is 0 Å². The maximum atomic E-state index is 13.4. The van der Waals surface area contributed by atoms with Crippen molar-refractivity contribution in [1.29, 1.82) is 0 Å². The number of para-hydroxylation sites is 3. The van der Waals surface area contributed by atoms with E-state index in [1.165, 1.54) is 12.0 Å². The molecule has 170 valence electrons. The number of nitrogens with zero attached hydrogens (tertiary/aromatic N) is 1. The summed E-state index contributed by atoms with van der Waals surface area (Å²) < 4.78 is 16.3. The number of ketones is 1. The maximum absolute atomic E-state index is 13.4. The fourth-order valence-electron chi connectivity index (χ4n) is 4.02. The minimum absolute atomic E-state index is 0.181. The molecule has 0 unspecified atom stereocenters. The molecule has 7 heteroatoms. The van der Waals surface area contributed by atoms with E-state index >= 15 is 0 Å². The van der Waals surface area contributed by atoms with Gasteiger partial charge < -0.3 is 24.2 Å². The molecular formula is C26H25NO6. The van der Waals surface area contributed by atoms with Crippen LogP contribution in [-0.4, -0.2) is 44.2 Å². The largest absolute Gasteiger partial charge is 0.497 e. The van der Waals surface area contributed by atoms with Gasteiger partial charge in [-0.05, 0) is 30.3 Å². The van der Waals surface area contributed by atoms with Gasteiger partial charge in [-0.3, -0.25) is 9.59 Å². The second-order valence-electron chi connectivity index (χ2n) is 7.67. The highest BCUT2D eigenvalue weighted by Crippen LogP contribution is 2.42. The zero-order valence-electron chi connectivity index (χ0n) is 18.5. The van der Waals surface area contributed by atoms with Crippen molar-refractivity contribution in [2.24, 2.45) is 0 Å². The summed E-state index contributed by atoms with van der Waals surface area (Å²) in [6, 6.07) is 20.8. The minimum atomic E-state index is -1.96. The smallest absolute Gasteiger partial charge is 0.264 e. The average molecular weight is 447 g/mol. The van der Waals surface area contributed by atoms with Gasteiger partial charge in [0.05, 0.1) is 32.9 Å². The highest BCUT2D eigenvalue weighted by molar-refractivity contribution is 6.10. The van der Waals surface area contributed by atoms with Crippen molar-refractivity contribution >= 4 is 17.4 Å². The van der Waals surface area contributed by atoms with E-state index in [0.717, 1.165) is 0 Å². The molecule has 0 bridgehead atoms. The van der Waals surface area contributed by atoms with Gasteiger partial charge in [0.25, 0.3) is 5.91 Å². The lowest BCUT2D eigenvalue weighted by atomic mass is 9.88. The van der Waals surface area contributed by atoms with Crippen molar-refractivity contribution in [2.75, 3.05) is 32.3 Å². The van der Waals surface area contributed by atoms with Gasteiger partial charge in [0, 0.05) is 11.1 Å². The fraction of sp³-hybridized carbons (Fsp3) is 0.231. The zero-order chi connectivity index (χ0) is 23.4. The highest BCUT2D eigenvalue weighted by Gasteiger charge is 2.50. The van der Waals surface area contributed by atoms with E-state index in [9.17, 15) is 14.7 Å². The summed E-state index contributed by atoms with van der Waals surface area (Å²) in [5.74, 6) is 0.769. The number of fused-ring (bicyclic) bond motifs is 1. The van der Waals surface area contributed by atoms with E-state index in [0.29, 0.717) is 34.1 Å². The van der Waals surface area contributed by atoms with Gasteiger partial charge in [-0.25, -0.2) is 0 Å². The monoisotopic (exact) mass is 447 g/mol. The van der Waals surface area contributed by atoms with Gasteiger partial charge in [0.2, 0.25) is 0 Å². The summed E-state index contributed by atoms with van der Waals surface area (Å²) in [4.78, 5) is 27.8. The number of benzene rings is 3. The molecule has 33 heavy (non-hydrogen) atoms. The molecule has 7 nitrogen and oxygen atoms in total. The number of Topliss-reactive ketones (excluding diaryl/α,β-unsaturated/α-hetero) is 1. The number of carbonyl (C=O) groups excluding carboxylic acids is 2. The molecular weight excluding hydrogens is 422 g/mol. The molecule has 0 aromatic heterocycles. The second-order valence-corrected chi connectivity index (χ2v) is 7.67. The Hall–Kier alpha value is -3.84. The van der Waals surface area contributed by atoms with E-state index < -0.39 is 11.5 Å². The molecule has 1 aliphatic heterocycles. The maximum Gasteiger partial charge on any atom is 0.264 e. The first-order valence-electron chi connectivity index (χ1n) is 10.5. The predicted octanol–water partition coefficient (Wildman–Crippen LogP) is 3.59. The Bertz CT molecular complexity index is 1180. The van der Waals surface area contributed by atoms with E-state index in [1.54, 1.807) is 67.8 Å². The predicted molar refractivity (Wildman–Crippen MR) is 123 cm³/mol. The van der Waals surface area contributed by atoms with Crippen LogP contribution in [0.4, 0.5) is 5.69 Å². The first kappa shape index (κ1) is 22.4. The van der Waals surface area contributed by atoms with E-state index in [2.05, 4.69) is 0 Å².